The summed E-state index contributed by atoms with van der Waals surface area (Å²) in [4.78, 5) is 26.1. The van der Waals surface area contributed by atoms with Crippen LogP contribution in [0.1, 0.15) is 12.0 Å². The molecule has 2 rings (SSSR count). The number of alkyl halides is 3. The van der Waals surface area contributed by atoms with Crippen molar-refractivity contribution in [2.45, 2.75) is 19.1 Å². The summed E-state index contributed by atoms with van der Waals surface area (Å²) in [6.45, 7) is 3.08. The Bertz CT molecular complexity index is 694. The molecule has 1 aliphatic heterocycles. The molecular formula is C16H21ClF3N3O3. The molecule has 2 heterocycles. The number of nitrogens with one attached hydrogen (secondary N) is 1. The molecule has 146 valence electrons. The van der Waals surface area contributed by atoms with Gasteiger partial charge in [0.1, 0.15) is 11.6 Å². The molecule has 1 amide bonds. The van der Waals surface area contributed by atoms with Crippen molar-refractivity contribution < 1.29 is 22.7 Å². The lowest BCUT2D eigenvalue weighted by Gasteiger charge is -2.16. The predicted octanol–water partition coefficient (Wildman–Crippen LogP) is 1.60. The Labute approximate surface area is 153 Å². The zero-order chi connectivity index (χ0) is 19.3. The maximum Gasteiger partial charge on any atom is 0.417 e. The maximum atomic E-state index is 12.8. The van der Waals surface area contributed by atoms with Crippen LogP contribution in [0.3, 0.4) is 0 Å². The lowest BCUT2D eigenvalue weighted by molar-refractivity contribution is -0.138. The van der Waals surface area contributed by atoms with Crippen LogP contribution in [0, 0.1) is 5.92 Å². The number of carbonyl (C=O) groups is 1. The molecule has 1 aromatic rings. The Kier molecular flexibility index (Phi) is 7.08. The zero-order valence-electron chi connectivity index (χ0n) is 14.3. The molecule has 0 radical (unpaired) electrons. The summed E-state index contributed by atoms with van der Waals surface area (Å²) in [5.41, 5.74) is -1.90. The van der Waals surface area contributed by atoms with Gasteiger partial charge >= 0.3 is 6.18 Å². The van der Waals surface area contributed by atoms with Gasteiger partial charge in [0.25, 0.3) is 5.56 Å². The minimum atomic E-state index is -4.65. The lowest BCUT2D eigenvalue weighted by atomic mass is 10.1. The van der Waals surface area contributed by atoms with Gasteiger partial charge < -0.3 is 19.5 Å². The molecule has 6 nitrogen and oxygen atoms in total. The molecule has 0 aromatic carbocycles. The van der Waals surface area contributed by atoms with Gasteiger partial charge in [0.15, 0.2) is 0 Å². The van der Waals surface area contributed by atoms with Gasteiger partial charge in [-0.05, 0) is 24.9 Å². The van der Waals surface area contributed by atoms with Crippen molar-refractivity contribution in [2.24, 2.45) is 5.92 Å². The summed E-state index contributed by atoms with van der Waals surface area (Å²) >= 11 is 5.57. The molecule has 0 saturated carbocycles. The molecule has 10 heteroatoms. The zero-order valence-corrected chi connectivity index (χ0v) is 15.1. The molecule has 0 unspecified atom stereocenters. The van der Waals surface area contributed by atoms with Crippen molar-refractivity contribution in [3.63, 3.8) is 0 Å². The van der Waals surface area contributed by atoms with Gasteiger partial charge in [-0.1, -0.05) is 11.6 Å². The summed E-state index contributed by atoms with van der Waals surface area (Å²) < 4.78 is 44.1. The number of ether oxygens (including phenoxy) is 1. The summed E-state index contributed by atoms with van der Waals surface area (Å²) in [7, 11) is 1.63. The van der Waals surface area contributed by atoms with Crippen molar-refractivity contribution in [1.29, 1.82) is 0 Å². The number of halogens is 4. The summed E-state index contributed by atoms with van der Waals surface area (Å²) in [6.07, 6.45) is -3.12. The van der Waals surface area contributed by atoms with Gasteiger partial charge in [-0.25, -0.2) is 0 Å². The van der Waals surface area contributed by atoms with Crippen molar-refractivity contribution in [2.75, 3.05) is 39.9 Å². The average molecular weight is 396 g/mol. The molecule has 1 aromatic heterocycles. The van der Waals surface area contributed by atoms with Crippen molar-refractivity contribution in [3.05, 3.63) is 33.2 Å². The molecule has 1 aliphatic rings. The highest BCUT2D eigenvalue weighted by Gasteiger charge is 2.32. The first kappa shape index (κ1) is 20.7. The van der Waals surface area contributed by atoms with Crippen LogP contribution in [-0.4, -0.2) is 55.3 Å². The van der Waals surface area contributed by atoms with E-state index in [-0.39, 0.29) is 5.92 Å². The number of nitrogens with zero attached hydrogens (tertiary/aromatic N) is 2. The number of hydrogen-bond acceptors (Lipinski definition) is 4. The highest BCUT2D eigenvalue weighted by molar-refractivity contribution is 6.30. The van der Waals surface area contributed by atoms with Gasteiger partial charge in [0.05, 0.1) is 12.2 Å². The van der Waals surface area contributed by atoms with E-state index in [0.717, 1.165) is 26.1 Å². The van der Waals surface area contributed by atoms with Crippen LogP contribution in [0.15, 0.2) is 17.1 Å². The fourth-order valence-corrected chi connectivity index (χ4v) is 3.07. The Hall–Kier alpha value is -1.58. The van der Waals surface area contributed by atoms with Crippen LogP contribution in [0.5, 0.6) is 0 Å². The Morgan fingerprint density at radius 3 is 2.85 bits per heavy atom. The molecule has 0 aliphatic carbocycles. The van der Waals surface area contributed by atoms with E-state index in [1.165, 1.54) is 0 Å². The number of carbonyl (C=O) groups excluding carboxylic acids is 1. The SMILES string of the molecule is COCCN1CC[C@H](CNC(=O)Cn2cc(C(F)(F)F)cc(Cl)c2=O)C1. The second kappa shape index (κ2) is 8.88. The predicted molar refractivity (Wildman–Crippen MR) is 90.1 cm³/mol. The Morgan fingerprint density at radius 1 is 1.46 bits per heavy atom. The van der Waals surface area contributed by atoms with E-state index < -0.39 is 34.8 Å². The van der Waals surface area contributed by atoms with Crippen LogP contribution in [0.25, 0.3) is 0 Å². The summed E-state index contributed by atoms with van der Waals surface area (Å²) in [5.74, 6) is -0.268. The van der Waals surface area contributed by atoms with Crippen molar-refractivity contribution >= 4 is 17.5 Å². The maximum absolute atomic E-state index is 12.8. The highest BCUT2D eigenvalue weighted by Crippen LogP contribution is 2.29. The smallest absolute Gasteiger partial charge is 0.383 e. The van der Waals surface area contributed by atoms with Gasteiger partial charge in [-0.15, -0.1) is 0 Å². The van der Waals surface area contributed by atoms with E-state index in [1.54, 1.807) is 7.11 Å². The van der Waals surface area contributed by atoms with E-state index in [1.807, 2.05) is 0 Å². The van der Waals surface area contributed by atoms with Gasteiger partial charge in [-0.2, -0.15) is 13.2 Å². The quantitative estimate of drug-likeness (QED) is 0.762. The largest absolute Gasteiger partial charge is 0.417 e. The number of likely N-dealkylation sites (tertiary alicyclic amines) is 1. The second-order valence-corrected chi connectivity index (χ2v) is 6.67. The molecule has 0 bridgehead atoms. The van der Waals surface area contributed by atoms with Gasteiger partial charge in [0.2, 0.25) is 5.91 Å². The second-order valence-electron chi connectivity index (χ2n) is 6.26. The normalized spacial score (nSPS) is 18.3. The number of rotatable bonds is 7. The van der Waals surface area contributed by atoms with Crippen LogP contribution < -0.4 is 10.9 Å². The molecular weight excluding hydrogens is 375 g/mol. The first-order valence-electron chi connectivity index (χ1n) is 8.16. The minimum absolute atomic E-state index is 0.262. The minimum Gasteiger partial charge on any atom is -0.383 e. The molecule has 1 fully saturated rings. The topological polar surface area (TPSA) is 63.6 Å². The Morgan fingerprint density at radius 2 is 2.19 bits per heavy atom. The van der Waals surface area contributed by atoms with E-state index in [2.05, 4.69) is 10.2 Å². The molecule has 0 spiro atoms. The molecule has 26 heavy (non-hydrogen) atoms. The third kappa shape index (κ3) is 5.72. The van der Waals surface area contributed by atoms with Crippen molar-refractivity contribution in [1.82, 2.24) is 14.8 Å². The molecule has 1 atom stereocenters. The average Bonchev–Trinajstić information content (AvgIpc) is 3.02. The highest BCUT2D eigenvalue weighted by atomic mass is 35.5. The number of aromatic nitrogens is 1. The van der Waals surface area contributed by atoms with E-state index in [0.29, 0.717) is 30.0 Å². The number of methoxy groups -OCH3 is 1. The van der Waals surface area contributed by atoms with Gasteiger partial charge in [0, 0.05) is 32.9 Å². The van der Waals surface area contributed by atoms with E-state index in [9.17, 15) is 22.8 Å². The standard InChI is InChI=1S/C16H21ClF3N3O3/c1-26-5-4-22-3-2-11(8-22)7-21-14(24)10-23-9-12(16(18,19)20)6-13(17)15(23)25/h6,9,11H,2-5,7-8,10H2,1H3,(H,21,24)/t11-/m1/s1. The third-order valence-corrected chi connectivity index (χ3v) is 4.52. The number of amides is 1. The molecule has 1 saturated heterocycles. The first-order valence-corrected chi connectivity index (χ1v) is 8.53. The van der Waals surface area contributed by atoms with Crippen LogP contribution in [0.4, 0.5) is 13.2 Å². The summed E-state index contributed by atoms with van der Waals surface area (Å²) in [5, 5.41) is 2.10. The van der Waals surface area contributed by atoms with Gasteiger partial charge in [-0.3, -0.25) is 9.59 Å². The van der Waals surface area contributed by atoms with E-state index in [4.69, 9.17) is 16.3 Å². The third-order valence-electron chi connectivity index (χ3n) is 4.25. The Balaban J connectivity index is 1.90. The fraction of sp³-hybridized carbons (Fsp3) is 0.625. The van der Waals surface area contributed by atoms with Crippen LogP contribution in [-0.2, 0) is 22.3 Å². The van der Waals surface area contributed by atoms with Crippen molar-refractivity contribution in [3.8, 4) is 0 Å². The number of pyridine rings is 1. The fourth-order valence-electron chi connectivity index (χ4n) is 2.84. The van der Waals surface area contributed by atoms with E-state index >= 15 is 0 Å². The first-order chi connectivity index (χ1) is 12.2. The number of hydrogen-bond donors (Lipinski definition) is 1. The lowest BCUT2D eigenvalue weighted by Crippen LogP contribution is -2.36. The molecule has 1 N–H and O–H groups in total. The summed E-state index contributed by atoms with van der Waals surface area (Å²) in [6, 6.07) is 0.561. The van der Waals surface area contributed by atoms with Crippen LogP contribution >= 0.6 is 11.6 Å². The monoisotopic (exact) mass is 395 g/mol. The van der Waals surface area contributed by atoms with Crippen LogP contribution in [0.2, 0.25) is 5.02 Å².